The molecule has 0 unspecified atom stereocenters. The van der Waals surface area contributed by atoms with E-state index < -0.39 is 0 Å². The van der Waals surface area contributed by atoms with Crippen LogP contribution in [0.3, 0.4) is 0 Å². The topological polar surface area (TPSA) is 62.1 Å². The summed E-state index contributed by atoms with van der Waals surface area (Å²) in [5.74, 6) is 0.418. The Morgan fingerprint density at radius 3 is 2.90 bits per heavy atom. The largest absolute Gasteiger partial charge is 0.483 e. The average Bonchev–Trinajstić information content (AvgIpc) is 2.85. The van der Waals surface area contributed by atoms with Gasteiger partial charge < -0.3 is 10.1 Å². The number of hydrogen-bond donors (Lipinski definition) is 1. The molecule has 4 nitrogen and oxygen atoms in total. The minimum Gasteiger partial charge on any atom is -0.483 e. The van der Waals surface area contributed by atoms with E-state index in [2.05, 4.69) is 5.32 Å². The molecule has 0 atom stereocenters. The summed E-state index contributed by atoms with van der Waals surface area (Å²) in [6.07, 6.45) is 0. The van der Waals surface area contributed by atoms with Gasteiger partial charge in [-0.1, -0.05) is 17.7 Å². The molecule has 102 valence electrons. The number of thiophene rings is 1. The second-order valence-electron chi connectivity index (χ2n) is 4.38. The fourth-order valence-electron chi connectivity index (χ4n) is 1.76. The van der Waals surface area contributed by atoms with E-state index in [1.165, 1.54) is 11.3 Å². The van der Waals surface area contributed by atoms with Crippen molar-refractivity contribution in [3.8, 4) is 11.8 Å². The van der Waals surface area contributed by atoms with Gasteiger partial charge in [0.25, 0.3) is 5.91 Å². The zero-order valence-electron chi connectivity index (χ0n) is 11.3. The number of aryl methyl sites for hydroxylation is 2. The third-order valence-corrected chi connectivity index (χ3v) is 3.56. The normalized spacial score (nSPS) is 9.85. The zero-order chi connectivity index (χ0) is 14.5. The van der Waals surface area contributed by atoms with Crippen molar-refractivity contribution >= 4 is 22.2 Å². The number of nitrogens with zero attached hydrogens (tertiary/aromatic N) is 1. The zero-order valence-corrected chi connectivity index (χ0v) is 12.1. The summed E-state index contributed by atoms with van der Waals surface area (Å²) in [5.41, 5.74) is 2.61. The van der Waals surface area contributed by atoms with Gasteiger partial charge in [0.15, 0.2) is 6.61 Å². The Morgan fingerprint density at radius 1 is 1.40 bits per heavy atom. The molecule has 0 bridgehead atoms. The third-order valence-electron chi connectivity index (χ3n) is 2.73. The molecule has 1 aromatic carbocycles. The SMILES string of the molecule is Cc1ccc(OCC(=O)Nc2sccc2C#N)c(C)c1. The number of nitriles is 1. The van der Waals surface area contributed by atoms with E-state index in [9.17, 15) is 4.79 Å². The van der Waals surface area contributed by atoms with E-state index in [1.807, 2.05) is 38.1 Å². The molecule has 0 spiro atoms. The van der Waals surface area contributed by atoms with Crippen LogP contribution in [-0.2, 0) is 4.79 Å². The summed E-state index contributed by atoms with van der Waals surface area (Å²) in [5, 5.41) is 13.9. The molecule has 20 heavy (non-hydrogen) atoms. The Hall–Kier alpha value is -2.32. The number of nitrogens with one attached hydrogen (secondary N) is 1. The molecule has 2 rings (SSSR count). The number of hydrogen-bond acceptors (Lipinski definition) is 4. The fourth-order valence-corrected chi connectivity index (χ4v) is 2.52. The molecule has 5 heteroatoms. The Balaban J connectivity index is 1.94. The van der Waals surface area contributed by atoms with Gasteiger partial charge in [-0.2, -0.15) is 5.26 Å². The summed E-state index contributed by atoms with van der Waals surface area (Å²) in [6, 6.07) is 9.49. The molecule has 1 aromatic heterocycles. The van der Waals surface area contributed by atoms with E-state index >= 15 is 0 Å². The maximum atomic E-state index is 11.8. The van der Waals surface area contributed by atoms with E-state index in [4.69, 9.17) is 10.00 Å². The Kier molecular flexibility index (Phi) is 4.38. The van der Waals surface area contributed by atoms with E-state index in [0.717, 1.165) is 11.1 Å². The van der Waals surface area contributed by atoms with Crippen molar-refractivity contribution in [2.75, 3.05) is 11.9 Å². The predicted molar refractivity (Wildman–Crippen MR) is 79.1 cm³/mol. The lowest BCUT2D eigenvalue weighted by molar-refractivity contribution is -0.118. The number of ether oxygens (including phenoxy) is 1. The van der Waals surface area contributed by atoms with Crippen LogP contribution in [0.4, 0.5) is 5.00 Å². The van der Waals surface area contributed by atoms with Crippen molar-refractivity contribution in [2.24, 2.45) is 0 Å². The molecule has 0 radical (unpaired) electrons. The van der Waals surface area contributed by atoms with Crippen LogP contribution in [0.2, 0.25) is 0 Å². The highest BCUT2D eigenvalue weighted by Gasteiger charge is 2.09. The van der Waals surface area contributed by atoms with Gasteiger partial charge in [-0.25, -0.2) is 0 Å². The Bertz CT molecular complexity index is 671. The smallest absolute Gasteiger partial charge is 0.262 e. The van der Waals surface area contributed by atoms with E-state index in [-0.39, 0.29) is 12.5 Å². The van der Waals surface area contributed by atoms with Gasteiger partial charge in [0.05, 0.1) is 5.56 Å². The summed E-state index contributed by atoms with van der Waals surface area (Å²) in [6.45, 7) is 3.86. The van der Waals surface area contributed by atoms with Gasteiger partial charge >= 0.3 is 0 Å². The standard InChI is InChI=1S/C15H14N2O2S/c1-10-3-4-13(11(2)7-10)19-9-14(18)17-15-12(8-16)5-6-20-15/h3-7H,9H2,1-2H3,(H,17,18). The van der Waals surface area contributed by atoms with Gasteiger partial charge in [0.2, 0.25) is 0 Å². The molecule has 0 aliphatic carbocycles. The fraction of sp³-hybridized carbons (Fsp3) is 0.200. The minimum absolute atomic E-state index is 0.0767. The number of anilines is 1. The van der Waals surface area contributed by atoms with Crippen LogP contribution in [0, 0.1) is 25.2 Å². The first-order chi connectivity index (χ1) is 9.60. The molecule has 0 aliphatic heterocycles. The van der Waals surface area contributed by atoms with Gasteiger partial charge in [0, 0.05) is 0 Å². The highest BCUT2D eigenvalue weighted by atomic mass is 32.1. The number of carbonyl (C=O) groups excluding carboxylic acids is 1. The van der Waals surface area contributed by atoms with Gasteiger partial charge in [0.1, 0.15) is 16.8 Å². The lowest BCUT2D eigenvalue weighted by atomic mass is 10.1. The van der Waals surface area contributed by atoms with Crippen LogP contribution in [0.15, 0.2) is 29.6 Å². The van der Waals surface area contributed by atoms with Crippen LogP contribution in [0.25, 0.3) is 0 Å². The first-order valence-corrected chi connectivity index (χ1v) is 6.95. The van der Waals surface area contributed by atoms with Crippen molar-refractivity contribution in [2.45, 2.75) is 13.8 Å². The first-order valence-electron chi connectivity index (χ1n) is 6.07. The molecule has 0 fully saturated rings. The molecule has 0 saturated carbocycles. The highest BCUT2D eigenvalue weighted by Crippen LogP contribution is 2.22. The lowest BCUT2D eigenvalue weighted by Crippen LogP contribution is -2.20. The third kappa shape index (κ3) is 3.37. The molecular formula is C15H14N2O2S. The van der Waals surface area contributed by atoms with Gasteiger partial charge in [-0.3, -0.25) is 4.79 Å². The lowest BCUT2D eigenvalue weighted by Gasteiger charge is -2.09. The number of benzene rings is 1. The summed E-state index contributed by atoms with van der Waals surface area (Å²) < 4.78 is 5.49. The number of carbonyl (C=O) groups is 1. The van der Waals surface area contributed by atoms with Crippen LogP contribution in [0.5, 0.6) is 5.75 Å². The first kappa shape index (κ1) is 14.1. The van der Waals surface area contributed by atoms with Crippen LogP contribution < -0.4 is 10.1 Å². The molecule has 1 amide bonds. The van der Waals surface area contributed by atoms with Crippen molar-refractivity contribution in [1.82, 2.24) is 0 Å². The highest BCUT2D eigenvalue weighted by molar-refractivity contribution is 7.14. The molecular weight excluding hydrogens is 272 g/mol. The van der Waals surface area contributed by atoms with Crippen molar-refractivity contribution in [3.05, 3.63) is 46.3 Å². The second kappa shape index (κ2) is 6.22. The molecule has 0 aliphatic rings. The van der Waals surface area contributed by atoms with Crippen molar-refractivity contribution in [1.29, 1.82) is 5.26 Å². The monoisotopic (exact) mass is 286 g/mol. The second-order valence-corrected chi connectivity index (χ2v) is 5.30. The molecule has 1 N–H and O–H groups in total. The van der Waals surface area contributed by atoms with Crippen molar-refractivity contribution < 1.29 is 9.53 Å². The summed E-state index contributed by atoms with van der Waals surface area (Å²) in [4.78, 5) is 11.8. The van der Waals surface area contributed by atoms with Crippen LogP contribution >= 0.6 is 11.3 Å². The molecule has 2 aromatic rings. The molecule has 0 saturated heterocycles. The Morgan fingerprint density at radius 2 is 2.20 bits per heavy atom. The average molecular weight is 286 g/mol. The minimum atomic E-state index is -0.274. The van der Waals surface area contributed by atoms with E-state index in [1.54, 1.807) is 11.4 Å². The number of rotatable bonds is 4. The summed E-state index contributed by atoms with van der Waals surface area (Å²) >= 11 is 1.32. The van der Waals surface area contributed by atoms with Gasteiger partial charge in [-0.05, 0) is 36.9 Å². The maximum absolute atomic E-state index is 11.8. The predicted octanol–water partition coefficient (Wildman–Crippen LogP) is 3.25. The van der Waals surface area contributed by atoms with Crippen LogP contribution in [-0.4, -0.2) is 12.5 Å². The van der Waals surface area contributed by atoms with E-state index in [0.29, 0.717) is 16.3 Å². The number of amides is 1. The summed E-state index contributed by atoms with van der Waals surface area (Å²) in [7, 11) is 0. The van der Waals surface area contributed by atoms with Crippen LogP contribution in [0.1, 0.15) is 16.7 Å². The maximum Gasteiger partial charge on any atom is 0.262 e. The van der Waals surface area contributed by atoms with Crippen molar-refractivity contribution in [3.63, 3.8) is 0 Å². The molecule has 1 heterocycles. The quantitative estimate of drug-likeness (QED) is 0.938. The Labute approximate surface area is 121 Å². The van der Waals surface area contributed by atoms with Gasteiger partial charge in [-0.15, -0.1) is 11.3 Å².